The molecule has 1 aliphatic heterocycles. The zero-order valence-corrected chi connectivity index (χ0v) is 18.1. The van der Waals surface area contributed by atoms with Crippen LogP contribution in [0.2, 0.25) is 0 Å². The number of aryl methyl sites for hydroxylation is 2. The summed E-state index contributed by atoms with van der Waals surface area (Å²) in [6.07, 6.45) is -0.109. The van der Waals surface area contributed by atoms with Gasteiger partial charge in [-0.25, -0.2) is 4.90 Å². The van der Waals surface area contributed by atoms with Crippen LogP contribution in [0.4, 0.5) is 5.69 Å². The Labute approximate surface area is 177 Å². The normalized spacial score (nSPS) is 14.2. The van der Waals surface area contributed by atoms with Crippen molar-refractivity contribution in [1.29, 1.82) is 0 Å². The lowest BCUT2D eigenvalue weighted by Gasteiger charge is -2.22. The molecule has 3 rings (SSSR count). The Morgan fingerprint density at radius 2 is 1.73 bits per heavy atom. The van der Waals surface area contributed by atoms with E-state index >= 15 is 0 Å². The smallest absolute Gasteiger partial charge is 0.282 e. The largest absolute Gasteiger partial charge is 0.489 e. The number of anilines is 1. The van der Waals surface area contributed by atoms with Crippen LogP contribution in [-0.2, 0) is 9.59 Å². The van der Waals surface area contributed by atoms with E-state index in [0.29, 0.717) is 22.6 Å². The van der Waals surface area contributed by atoms with Crippen molar-refractivity contribution in [2.24, 2.45) is 0 Å². The van der Waals surface area contributed by atoms with Gasteiger partial charge in [-0.05, 0) is 56.5 Å². The summed E-state index contributed by atoms with van der Waals surface area (Å²) in [5.41, 5.74) is 3.84. The number of carbonyl (C=O) groups is 2. The first-order chi connectivity index (χ1) is 14.3. The predicted octanol–water partition coefficient (Wildman–Crippen LogP) is 3.30. The lowest BCUT2D eigenvalue weighted by Crippen LogP contribution is -2.35. The van der Waals surface area contributed by atoms with Gasteiger partial charge >= 0.3 is 0 Å². The predicted molar refractivity (Wildman–Crippen MR) is 117 cm³/mol. The van der Waals surface area contributed by atoms with Gasteiger partial charge in [0.15, 0.2) is 0 Å². The summed E-state index contributed by atoms with van der Waals surface area (Å²) < 4.78 is 5.86. The molecule has 30 heavy (non-hydrogen) atoms. The van der Waals surface area contributed by atoms with Gasteiger partial charge < -0.3 is 14.7 Å². The molecule has 6 heteroatoms. The highest BCUT2D eigenvalue weighted by Gasteiger charge is 2.42. The van der Waals surface area contributed by atoms with Crippen LogP contribution < -0.4 is 9.64 Å². The van der Waals surface area contributed by atoms with Crippen LogP contribution in [-0.4, -0.2) is 48.1 Å². The number of benzene rings is 2. The number of nitrogens with zero attached hydrogens (tertiary/aromatic N) is 2. The maximum absolute atomic E-state index is 13.6. The van der Waals surface area contributed by atoms with E-state index in [1.54, 1.807) is 30.1 Å². The molecule has 1 aliphatic rings. The second-order valence-corrected chi connectivity index (χ2v) is 7.75. The minimum atomic E-state index is -0.427. The zero-order chi connectivity index (χ0) is 22.0. The molecule has 1 N–H and O–H groups in total. The molecule has 6 nitrogen and oxygen atoms in total. The number of hydrogen-bond donors (Lipinski definition) is 1. The molecule has 0 radical (unpaired) electrons. The van der Waals surface area contributed by atoms with Crippen molar-refractivity contribution in [2.45, 2.75) is 33.8 Å². The molecule has 1 heterocycles. The van der Waals surface area contributed by atoms with Gasteiger partial charge in [0.1, 0.15) is 11.4 Å². The van der Waals surface area contributed by atoms with E-state index in [1.807, 2.05) is 52.0 Å². The van der Waals surface area contributed by atoms with E-state index in [2.05, 4.69) is 0 Å². The summed E-state index contributed by atoms with van der Waals surface area (Å²) in [4.78, 5) is 29.9. The SMILES string of the molecule is Cc1ccc(C2=C(N(C)CCO)C(=O)N(c3ccccc3OC(C)C)C2=O)cc1C. The first kappa shape index (κ1) is 21.6. The number of carbonyl (C=O) groups excluding carboxylic acids is 2. The number of rotatable bonds is 7. The van der Waals surface area contributed by atoms with Crippen molar-refractivity contribution >= 4 is 23.1 Å². The van der Waals surface area contributed by atoms with Crippen LogP contribution in [0.1, 0.15) is 30.5 Å². The molecule has 0 fully saturated rings. The van der Waals surface area contributed by atoms with Crippen LogP contribution in [0.25, 0.3) is 5.57 Å². The molecular formula is C24H28N2O4. The van der Waals surface area contributed by atoms with Crippen molar-refractivity contribution in [2.75, 3.05) is 25.1 Å². The highest BCUT2D eigenvalue weighted by atomic mass is 16.5. The average Bonchev–Trinajstić information content (AvgIpc) is 2.95. The van der Waals surface area contributed by atoms with Crippen LogP contribution in [0, 0.1) is 13.8 Å². The average molecular weight is 408 g/mol. The standard InChI is InChI=1S/C24H28N2O4/c1-15(2)30-20-9-7-6-8-19(20)26-23(28)21(18-11-10-16(3)17(4)14-18)22(24(26)29)25(5)12-13-27/h6-11,14-15,27H,12-13H2,1-5H3. The number of aliphatic hydroxyl groups is 1. The molecular weight excluding hydrogens is 380 g/mol. The van der Waals surface area contributed by atoms with Gasteiger partial charge in [0.05, 0.1) is 24.0 Å². The van der Waals surface area contributed by atoms with Crippen molar-refractivity contribution in [3.63, 3.8) is 0 Å². The molecule has 0 saturated heterocycles. The van der Waals surface area contributed by atoms with E-state index in [4.69, 9.17) is 4.74 Å². The van der Waals surface area contributed by atoms with Crippen molar-refractivity contribution < 1.29 is 19.4 Å². The second-order valence-electron chi connectivity index (χ2n) is 7.75. The van der Waals surface area contributed by atoms with Crippen LogP contribution in [0.5, 0.6) is 5.75 Å². The highest BCUT2D eigenvalue weighted by Crippen LogP contribution is 2.38. The summed E-state index contributed by atoms with van der Waals surface area (Å²) >= 11 is 0. The maximum Gasteiger partial charge on any atom is 0.282 e. The fourth-order valence-corrected chi connectivity index (χ4v) is 3.51. The van der Waals surface area contributed by atoms with Gasteiger partial charge in [-0.2, -0.15) is 0 Å². The second kappa shape index (κ2) is 8.71. The Balaban J connectivity index is 2.15. The summed E-state index contributed by atoms with van der Waals surface area (Å²) in [6.45, 7) is 7.86. The van der Waals surface area contributed by atoms with Crippen LogP contribution in [0.3, 0.4) is 0 Å². The van der Waals surface area contributed by atoms with Gasteiger partial charge in [0.2, 0.25) is 0 Å². The maximum atomic E-state index is 13.6. The van der Waals surface area contributed by atoms with Crippen molar-refractivity contribution in [3.8, 4) is 5.75 Å². The summed E-state index contributed by atoms with van der Waals surface area (Å²) in [6, 6.07) is 12.8. The summed E-state index contributed by atoms with van der Waals surface area (Å²) in [5, 5.41) is 9.42. The van der Waals surface area contributed by atoms with Crippen LogP contribution >= 0.6 is 0 Å². The first-order valence-corrected chi connectivity index (χ1v) is 10.0. The number of ether oxygens (including phenoxy) is 1. The minimum absolute atomic E-state index is 0.109. The Hall–Kier alpha value is -3.12. The quantitative estimate of drug-likeness (QED) is 0.712. The highest BCUT2D eigenvalue weighted by molar-refractivity contribution is 6.45. The van der Waals surface area contributed by atoms with E-state index in [-0.39, 0.29) is 25.0 Å². The molecule has 0 aromatic heterocycles. The van der Waals surface area contributed by atoms with E-state index in [1.165, 1.54) is 4.90 Å². The topological polar surface area (TPSA) is 70.1 Å². The van der Waals surface area contributed by atoms with E-state index < -0.39 is 11.8 Å². The fraction of sp³-hybridized carbons (Fsp3) is 0.333. The van der Waals surface area contributed by atoms with E-state index in [9.17, 15) is 14.7 Å². The Kier molecular flexibility index (Phi) is 6.27. The minimum Gasteiger partial charge on any atom is -0.489 e. The molecule has 0 spiro atoms. The Morgan fingerprint density at radius 1 is 1.03 bits per heavy atom. The van der Waals surface area contributed by atoms with Gasteiger partial charge in [-0.3, -0.25) is 9.59 Å². The third-order valence-corrected chi connectivity index (χ3v) is 5.14. The number of likely N-dealkylation sites (N-methyl/N-ethyl adjacent to an activating group) is 1. The molecule has 0 unspecified atom stereocenters. The zero-order valence-electron chi connectivity index (χ0n) is 18.1. The number of hydrogen-bond acceptors (Lipinski definition) is 5. The molecule has 2 aromatic carbocycles. The third-order valence-electron chi connectivity index (χ3n) is 5.14. The molecule has 158 valence electrons. The lowest BCUT2D eigenvalue weighted by atomic mass is 9.99. The summed E-state index contributed by atoms with van der Waals surface area (Å²) in [5.74, 6) is -0.355. The number of aliphatic hydroxyl groups excluding tert-OH is 1. The number of para-hydroxylation sites is 2. The first-order valence-electron chi connectivity index (χ1n) is 10.0. The monoisotopic (exact) mass is 408 g/mol. The Bertz CT molecular complexity index is 1010. The van der Waals surface area contributed by atoms with Gasteiger partial charge in [0, 0.05) is 13.6 Å². The van der Waals surface area contributed by atoms with E-state index in [0.717, 1.165) is 11.1 Å². The summed E-state index contributed by atoms with van der Waals surface area (Å²) in [7, 11) is 1.71. The molecule has 0 atom stereocenters. The van der Waals surface area contributed by atoms with Gasteiger partial charge in [-0.15, -0.1) is 0 Å². The fourth-order valence-electron chi connectivity index (χ4n) is 3.51. The number of amides is 2. The van der Waals surface area contributed by atoms with Gasteiger partial charge in [0.25, 0.3) is 11.8 Å². The molecule has 0 aliphatic carbocycles. The molecule has 2 amide bonds. The van der Waals surface area contributed by atoms with Crippen molar-refractivity contribution in [1.82, 2.24) is 4.90 Å². The van der Waals surface area contributed by atoms with Crippen LogP contribution in [0.15, 0.2) is 48.2 Å². The lowest BCUT2D eigenvalue weighted by molar-refractivity contribution is -0.120. The number of imide groups is 1. The molecule has 0 bridgehead atoms. The molecule has 0 saturated carbocycles. The van der Waals surface area contributed by atoms with Crippen molar-refractivity contribution in [3.05, 3.63) is 64.9 Å². The molecule has 2 aromatic rings. The van der Waals surface area contributed by atoms with Gasteiger partial charge in [-0.1, -0.05) is 30.3 Å². The third kappa shape index (κ3) is 3.96. The Morgan fingerprint density at radius 3 is 2.37 bits per heavy atom.